The summed E-state index contributed by atoms with van der Waals surface area (Å²) in [5.41, 5.74) is 2.02. The Balaban J connectivity index is 1.64. The van der Waals surface area contributed by atoms with Crippen molar-refractivity contribution >= 4 is 51.2 Å². The standard InChI is InChI=1S/C27H22BrN3O7/c1-3-37-23-13-18(22(28)14-24(23)38-15-17-5-4-6-20(11-17)31(35)36)12-21-25(32)29-27(34)30(26(21)33)19-9-7-16(2)8-10-19/h4-14H,3,15H2,1-2H3,(H,29,32,34)/b21-12+. The van der Waals surface area contributed by atoms with Crippen LogP contribution < -0.4 is 19.7 Å². The van der Waals surface area contributed by atoms with Crippen LogP contribution in [0.25, 0.3) is 6.08 Å². The fourth-order valence-electron chi connectivity index (χ4n) is 3.70. The first-order chi connectivity index (χ1) is 18.2. The van der Waals surface area contributed by atoms with Crippen LogP contribution in [0, 0.1) is 17.0 Å². The lowest BCUT2D eigenvalue weighted by molar-refractivity contribution is -0.384. The Kier molecular flexibility index (Phi) is 7.87. The number of amides is 4. The Morgan fingerprint density at radius 1 is 1.03 bits per heavy atom. The number of benzene rings is 3. The summed E-state index contributed by atoms with van der Waals surface area (Å²) in [7, 11) is 0. The minimum absolute atomic E-state index is 0.0448. The van der Waals surface area contributed by atoms with Gasteiger partial charge in [0.05, 0.1) is 17.2 Å². The predicted octanol–water partition coefficient (Wildman–Crippen LogP) is 5.31. The first-order valence-electron chi connectivity index (χ1n) is 11.5. The summed E-state index contributed by atoms with van der Waals surface area (Å²) in [5.74, 6) is -0.899. The molecule has 0 atom stereocenters. The van der Waals surface area contributed by atoms with E-state index >= 15 is 0 Å². The van der Waals surface area contributed by atoms with Gasteiger partial charge in [0.1, 0.15) is 12.2 Å². The van der Waals surface area contributed by atoms with E-state index in [-0.39, 0.29) is 17.9 Å². The summed E-state index contributed by atoms with van der Waals surface area (Å²) in [5, 5.41) is 13.3. The van der Waals surface area contributed by atoms with Crippen LogP contribution in [0.2, 0.25) is 0 Å². The van der Waals surface area contributed by atoms with Gasteiger partial charge in [-0.05, 0) is 55.3 Å². The highest BCUT2D eigenvalue weighted by Crippen LogP contribution is 2.36. The van der Waals surface area contributed by atoms with Crippen LogP contribution in [0.4, 0.5) is 16.2 Å². The Morgan fingerprint density at radius 2 is 1.74 bits per heavy atom. The van der Waals surface area contributed by atoms with Crippen molar-refractivity contribution in [2.75, 3.05) is 11.5 Å². The molecule has 1 heterocycles. The summed E-state index contributed by atoms with van der Waals surface area (Å²) in [6.45, 7) is 4.01. The molecule has 10 nitrogen and oxygen atoms in total. The molecule has 0 aliphatic carbocycles. The number of halogens is 1. The van der Waals surface area contributed by atoms with Crippen molar-refractivity contribution in [1.82, 2.24) is 5.32 Å². The summed E-state index contributed by atoms with van der Waals surface area (Å²) in [4.78, 5) is 49.8. The number of nitrogens with one attached hydrogen (secondary N) is 1. The van der Waals surface area contributed by atoms with E-state index in [0.29, 0.717) is 39.4 Å². The highest BCUT2D eigenvalue weighted by Gasteiger charge is 2.37. The topological polar surface area (TPSA) is 128 Å². The van der Waals surface area contributed by atoms with Gasteiger partial charge in [-0.3, -0.25) is 25.0 Å². The lowest BCUT2D eigenvalue weighted by Crippen LogP contribution is -2.54. The molecule has 4 rings (SSSR count). The number of nitrogens with zero attached hydrogens (tertiary/aromatic N) is 2. The van der Waals surface area contributed by atoms with Gasteiger partial charge in [0.2, 0.25) is 0 Å². The fourth-order valence-corrected chi connectivity index (χ4v) is 4.14. The number of nitro groups is 1. The molecule has 0 aromatic heterocycles. The summed E-state index contributed by atoms with van der Waals surface area (Å²) in [6.07, 6.45) is 1.36. The maximum atomic E-state index is 13.2. The highest BCUT2D eigenvalue weighted by molar-refractivity contribution is 9.10. The number of non-ortho nitro benzene ring substituents is 1. The number of aryl methyl sites for hydroxylation is 1. The second-order valence-corrected chi connectivity index (χ2v) is 9.12. The number of anilines is 1. The molecule has 3 aromatic carbocycles. The van der Waals surface area contributed by atoms with Crippen LogP contribution in [0.1, 0.15) is 23.6 Å². The molecule has 0 spiro atoms. The van der Waals surface area contributed by atoms with E-state index in [4.69, 9.17) is 9.47 Å². The summed E-state index contributed by atoms with van der Waals surface area (Å²) in [6, 6.07) is 15.2. The number of nitro benzene ring substituents is 1. The molecule has 1 saturated heterocycles. The molecule has 4 amide bonds. The molecule has 11 heteroatoms. The van der Waals surface area contributed by atoms with Crippen LogP contribution >= 0.6 is 15.9 Å². The van der Waals surface area contributed by atoms with Crippen molar-refractivity contribution < 1.29 is 28.8 Å². The molecule has 1 N–H and O–H groups in total. The average Bonchev–Trinajstić information content (AvgIpc) is 2.88. The minimum atomic E-state index is -0.833. The van der Waals surface area contributed by atoms with Gasteiger partial charge >= 0.3 is 6.03 Å². The zero-order valence-electron chi connectivity index (χ0n) is 20.4. The van der Waals surface area contributed by atoms with E-state index in [1.165, 1.54) is 18.2 Å². The molecule has 38 heavy (non-hydrogen) atoms. The minimum Gasteiger partial charge on any atom is -0.490 e. The Morgan fingerprint density at radius 3 is 2.42 bits per heavy atom. The second-order valence-electron chi connectivity index (χ2n) is 8.26. The average molecular weight is 580 g/mol. The Hall–Kier alpha value is -4.51. The number of hydrogen-bond acceptors (Lipinski definition) is 7. The number of carbonyl (C=O) groups is 3. The maximum absolute atomic E-state index is 13.2. The van der Waals surface area contributed by atoms with Crippen molar-refractivity contribution in [3.63, 3.8) is 0 Å². The monoisotopic (exact) mass is 579 g/mol. The molecule has 1 aliphatic heterocycles. The Labute approximate surface area is 226 Å². The van der Waals surface area contributed by atoms with Gasteiger partial charge in [0.15, 0.2) is 11.5 Å². The first kappa shape index (κ1) is 26.6. The quantitative estimate of drug-likeness (QED) is 0.166. The molecule has 0 bridgehead atoms. The first-order valence-corrected chi connectivity index (χ1v) is 12.3. The van der Waals surface area contributed by atoms with Gasteiger partial charge in [-0.2, -0.15) is 0 Å². The second kappa shape index (κ2) is 11.3. The van der Waals surface area contributed by atoms with Gasteiger partial charge in [-0.25, -0.2) is 9.69 Å². The van der Waals surface area contributed by atoms with Crippen molar-refractivity contribution in [3.05, 3.63) is 97.5 Å². The van der Waals surface area contributed by atoms with Crippen molar-refractivity contribution in [2.24, 2.45) is 0 Å². The molecular weight excluding hydrogens is 558 g/mol. The number of carbonyl (C=O) groups excluding carboxylic acids is 3. The van der Waals surface area contributed by atoms with Crippen LogP contribution in [-0.4, -0.2) is 29.4 Å². The third kappa shape index (κ3) is 5.73. The molecule has 194 valence electrons. The third-order valence-electron chi connectivity index (χ3n) is 5.57. The third-order valence-corrected chi connectivity index (χ3v) is 6.26. The molecular formula is C27H22BrN3O7. The molecule has 0 saturated carbocycles. The highest BCUT2D eigenvalue weighted by atomic mass is 79.9. The van der Waals surface area contributed by atoms with Crippen molar-refractivity contribution in [3.8, 4) is 11.5 Å². The zero-order chi connectivity index (χ0) is 27.4. The number of rotatable bonds is 8. The van der Waals surface area contributed by atoms with Crippen molar-refractivity contribution in [2.45, 2.75) is 20.5 Å². The lowest BCUT2D eigenvalue weighted by atomic mass is 10.1. The van der Waals surface area contributed by atoms with Gasteiger partial charge in [0, 0.05) is 16.6 Å². The van der Waals surface area contributed by atoms with Gasteiger partial charge in [0.25, 0.3) is 17.5 Å². The maximum Gasteiger partial charge on any atom is 0.335 e. The fraction of sp³-hybridized carbons (Fsp3) is 0.148. The SMILES string of the molecule is CCOc1cc(/C=C2\C(=O)NC(=O)N(c3ccc(C)cc3)C2=O)c(Br)cc1OCc1cccc([N+](=O)[O-])c1. The summed E-state index contributed by atoms with van der Waals surface area (Å²) < 4.78 is 12.1. The number of barbiturate groups is 1. The predicted molar refractivity (Wildman–Crippen MR) is 143 cm³/mol. The van der Waals surface area contributed by atoms with Crippen molar-refractivity contribution in [1.29, 1.82) is 0 Å². The van der Waals surface area contributed by atoms with Crippen LogP contribution in [0.3, 0.4) is 0 Å². The van der Waals surface area contributed by atoms with E-state index in [1.54, 1.807) is 55.5 Å². The normalized spacial score (nSPS) is 14.4. The van der Waals surface area contributed by atoms with Gasteiger partial charge < -0.3 is 9.47 Å². The van der Waals surface area contributed by atoms with E-state index < -0.39 is 22.8 Å². The molecule has 3 aromatic rings. The molecule has 1 aliphatic rings. The van der Waals surface area contributed by atoms with Crippen LogP contribution in [0.15, 0.2) is 70.7 Å². The summed E-state index contributed by atoms with van der Waals surface area (Å²) >= 11 is 3.44. The Bertz CT molecular complexity index is 1470. The van der Waals surface area contributed by atoms with Crippen LogP contribution in [0.5, 0.6) is 11.5 Å². The van der Waals surface area contributed by atoms with Gasteiger partial charge in [-0.1, -0.05) is 45.8 Å². The van der Waals surface area contributed by atoms with Crippen LogP contribution in [-0.2, 0) is 16.2 Å². The molecule has 0 unspecified atom stereocenters. The smallest absolute Gasteiger partial charge is 0.335 e. The molecule has 1 fully saturated rings. The number of hydrogen-bond donors (Lipinski definition) is 1. The molecule has 0 radical (unpaired) electrons. The number of urea groups is 1. The van der Waals surface area contributed by atoms with E-state index in [1.807, 2.05) is 6.92 Å². The van der Waals surface area contributed by atoms with E-state index in [0.717, 1.165) is 10.5 Å². The van der Waals surface area contributed by atoms with E-state index in [9.17, 15) is 24.5 Å². The largest absolute Gasteiger partial charge is 0.490 e. The lowest BCUT2D eigenvalue weighted by Gasteiger charge is -2.26. The van der Waals surface area contributed by atoms with E-state index in [2.05, 4.69) is 21.2 Å². The number of ether oxygens (including phenoxy) is 2. The number of imide groups is 2. The zero-order valence-corrected chi connectivity index (χ0v) is 22.0. The van der Waals surface area contributed by atoms with Gasteiger partial charge in [-0.15, -0.1) is 0 Å².